The molecule has 0 amide bonds. The Bertz CT molecular complexity index is 685. The predicted octanol–water partition coefficient (Wildman–Crippen LogP) is 3.73. The van der Waals surface area contributed by atoms with Crippen LogP contribution in [0.2, 0.25) is 0 Å². The number of carboxylic acid groups (broad SMARTS) is 1. The van der Waals surface area contributed by atoms with Gasteiger partial charge < -0.3 is 9.84 Å². The molecule has 1 heterocycles. The zero-order chi connectivity index (χ0) is 15.6. The van der Waals surface area contributed by atoms with Crippen LogP contribution in [0.3, 0.4) is 0 Å². The minimum atomic E-state index is -4.63. The molecule has 0 aliphatic carbocycles. The van der Waals surface area contributed by atoms with E-state index < -0.39 is 29.2 Å². The first-order valence-electron chi connectivity index (χ1n) is 5.52. The van der Waals surface area contributed by atoms with Gasteiger partial charge in [0, 0.05) is 12.1 Å². The Morgan fingerprint density at radius 1 is 1.19 bits per heavy atom. The van der Waals surface area contributed by atoms with Crippen LogP contribution in [0, 0.1) is 5.82 Å². The number of hydrogen-bond acceptors (Lipinski definition) is 3. The van der Waals surface area contributed by atoms with E-state index in [-0.39, 0.29) is 11.6 Å². The molecule has 0 bridgehead atoms. The van der Waals surface area contributed by atoms with E-state index in [0.717, 1.165) is 36.4 Å². The van der Waals surface area contributed by atoms with E-state index in [4.69, 9.17) is 9.84 Å². The maximum Gasteiger partial charge on any atom is 0.433 e. The molecular weight excluding hydrogens is 294 g/mol. The highest BCUT2D eigenvalue weighted by Gasteiger charge is 2.32. The van der Waals surface area contributed by atoms with Crippen molar-refractivity contribution in [1.82, 2.24) is 4.98 Å². The van der Waals surface area contributed by atoms with Crippen molar-refractivity contribution in [3.05, 3.63) is 53.5 Å². The quantitative estimate of drug-likeness (QED) is 0.878. The lowest BCUT2D eigenvalue weighted by molar-refractivity contribution is -0.141. The summed E-state index contributed by atoms with van der Waals surface area (Å²) in [4.78, 5) is 13.9. The molecule has 0 radical (unpaired) electrons. The molecule has 0 saturated carbocycles. The van der Waals surface area contributed by atoms with Gasteiger partial charge in [0.15, 0.2) is 0 Å². The summed E-state index contributed by atoms with van der Waals surface area (Å²) in [5.41, 5.74) is -1.72. The number of halogens is 4. The summed E-state index contributed by atoms with van der Waals surface area (Å²) in [5.74, 6) is -3.07. The van der Waals surface area contributed by atoms with Gasteiger partial charge in [-0.25, -0.2) is 14.2 Å². The fourth-order valence-electron chi connectivity index (χ4n) is 1.48. The van der Waals surface area contributed by atoms with E-state index in [9.17, 15) is 22.4 Å². The normalized spacial score (nSPS) is 11.2. The minimum absolute atomic E-state index is 0.163. The average molecular weight is 301 g/mol. The monoisotopic (exact) mass is 301 g/mol. The summed E-state index contributed by atoms with van der Waals surface area (Å²) in [6, 6.07) is 5.84. The fraction of sp³-hybridized carbons (Fsp3) is 0.0769. The second-order valence-electron chi connectivity index (χ2n) is 3.91. The third-order valence-corrected chi connectivity index (χ3v) is 2.41. The first kappa shape index (κ1) is 14.8. The number of ether oxygens (including phenoxy) is 1. The Hall–Kier alpha value is -2.64. The lowest BCUT2D eigenvalue weighted by Crippen LogP contribution is -2.08. The molecule has 21 heavy (non-hydrogen) atoms. The van der Waals surface area contributed by atoms with E-state index in [1.165, 1.54) is 0 Å². The molecule has 0 atom stereocenters. The number of benzene rings is 1. The van der Waals surface area contributed by atoms with Gasteiger partial charge in [-0.15, -0.1) is 0 Å². The van der Waals surface area contributed by atoms with Crippen LogP contribution >= 0.6 is 0 Å². The van der Waals surface area contributed by atoms with Crippen LogP contribution < -0.4 is 4.74 Å². The smallest absolute Gasteiger partial charge is 0.433 e. The summed E-state index contributed by atoms with van der Waals surface area (Å²) in [6.07, 6.45) is -4.63. The maximum atomic E-state index is 13.4. The molecule has 0 unspecified atom stereocenters. The van der Waals surface area contributed by atoms with Gasteiger partial charge in [0.2, 0.25) is 5.88 Å². The number of aromatic nitrogens is 1. The van der Waals surface area contributed by atoms with Crippen molar-refractivity contribution < 1.29 is 32.2 Å². The highest BCUT2D eigenvalue weighted by molar-refractivity contribution is 5.88. The van der Waals surface area contributed by atoms with Crippen LogP contribution in [0.4, 0.5) is 17.6 Å². The van der Waals surface area contributed by atoms with Gasteiger partial charge in [0.05, 0.1) is 5.56 Å². The molecular formula is C13H7F4NO3. The van der Waals surface area contributed by atoms with Crippen molar-refractivity contribution in [2.45, 2.75) is 6.18 Å². The number of rotatable bonds is 3. The number of aromatic carboxylic acids is 1. The van der Waals surface area contributed by atoms with E-state index >= 15 is 0 Å². The topological polar surface area (TPSA) is 59.4 Å². The number of carbonyl (C=O) groups is 1. The van der Waals surface area contributed by atoms with E-state index in [1.54, 1.807) is 0 Å². The highest BCUT2D eigenvalue weighted by atomic mass is 19.4. The second-order valence-corrected chi connectivity index (χ2v) is 3.91. The van der Waals surface area contributed by atoms with Gasteiger partial charge in [-0.05, 0) is 18.2 Å². The standard InChI is InChI=1S/C13H7F4NO3/c14-9-6-7(4-5-8(9)12(19)20)21-11-3-1-2-10(18-11)13(15,16)17/h1-6H,(H,19,20). The molecule has 110 valence electrons. The van der Waals surface area contributed by atoms with Gasteiger partial charge in [-0.1, -0.05) is 6.07 Å². The molecule has 1 aromatic carbocycles. The van der Waals surface area contributed by atoms with Crippen LogP contribution in [0.15, 0.2) is 36.4 Å². The Balaban J connectivity index is 2.27. The van der Waals surface area contributed by atoms with E-state index in [1.807, 2.05) is 0 Å². The molecule has 4 nitrogen and oxygen atoms in total. The maximum absolute atomic E-state index is 13.4. The average Bonchev–Trinajstić information content (AvgIpc) is 2.37. The number of nitrogens with zero attached hydrogens (tertiary/aromatic N) is 1. The zero-order valence-corrected chi connectivity index (χ0v) is 10.2. The van der Waals surface area contributed by atoms with Crippen LogP contribution in [0.1, 0.15) is 16.1 Å². The van der Waals surface area contributed by atoms with E-state index in [0.29, 0.717) is 0 Å². The molecule has 2 rings (SSSR count). The Labute approximate surface area is 115 Å². The number of alkyl halides is 3. The predicted molar refractivity (Wildman–Crippen MR) is 62.7 cm³/mol. The largest absolute Gasteiger partial charge is 0.478 e. The van der Waals surface area contributed by atoms with Gasteiger partial charge in [-0.2, -0.15) is 13.2 Å². The molecule has 0 aliphatic rings. The van der Waals surface area contributed by atoms with Gasteiger partial charge in [0.1, 0.15) is 17.3 Å². The number of carboxylic acids is 1. The summed E-state index contributed by atoms with van der Waals surface area (Å²) in [5, 5.41) is 8.65. The van der Waals surface area contributed by atoms with Gasteiger partial charge >= 0.3 is 12.1 Å². The first-order chi connectivity index (χ1) is 9.77. The summed E-state index contributed by atoms with van der Waals surface area (Å²) in [6.45, 7) is 0. The van der Waals surface area contributed by atoms with Crippen molar-refractivity contribution in [3.8, 4) is 11.6 Å². The summed E-state index contributed by atoms with van der Waals surface area (Å²) < 4.78 is 55.8. The lowest BCUT2D eigenvalue weighted by Gasteiger charge is -2.09. The first-order valence-corrected chi connectivity index (χ1v) is 5.52. The molecule has 1 N–H and O–H groups in total. The third kappa shape index (κ3) is 3.47. The molecule has 0 fully saturated rings. The zero-order valence-electron chi connectivity index (χ0n) is 10.2. The fourth-order valence-corrected chi connectivity index (χ4v) is 1.48. The molecule has 0 spiro atoms. The Kier molecular flexibility index (Phi) is 3.79. The van der Waals surface area contributed by atoms with Crippen LogP contribution in [0.5, 0.6) is 11.6 Å². The Morgan fingerprint density at radius 3 is 2.48 bits per heavy atom. The second kappa shape index (κ2) is 5.39. The van der Waals surface area contributed by atoms with Crippen LogP contribution in [-0.2, 0) is 6.18 Å². The number of hydrogen-bond donors (Lipinski definition) is 1. The van der Waals surface area contributed by atoms with E-state index in [2.05, 4.69) is 4.98 Å². The summed E-state index contributed by atoms with van der Waals surface area (Å²) in [7, 11) is 0. The minimum Gasteiger partial charge on any atom is -0.478 e. The van der Waals surface area contributed by atoms with Crippen LogP contribution in [-0.4, -0.2) is 16.1 Å². The third-order valence-electron chi connectivity index (χ3n) is 2.41. The van der Waals surface area contributed by atoms with Crippen molar-refractivity contribution >= 4 is 5.97 Å². The number of pyridine rings is 1. The van der Waals surface area contributed by atoms with Gasteiger partial charge in [0.25, 0.3) is 0 Å². The SMILES string of the molecule is O=C(O)c1ccc(Oc2cccc(C(F)(F)F)n2)cc1F. The van der Waals surface area contributed by atoms with Crippen LogP contribution in [0.25, 0.3) is 0 Å². The molecule has 8 heteroatoms. The summed E-state index contributed by atoms with van der Waals surface area (Å²) >= 11 is 0. The Morgan fingerprint density at radius 2 is 1.90 bits per heavy atom. The van der Waals surface area contributed by atoms with Crippen molar-refractivity contribution in [1.29, 1.82) is 0 Å². The van der Waals surface area contributed by atoms with Gasteiger partial charge in [-0.3, -0.25) is 0 Å². The molecule has 1 aromatic heterocycles. The molecule has 0 aliphatic heterocycles. The van der Waals surface area contributed by atoms with Crippen molar-refractivity contribution in [2.75, 3.05) is 0 Å². The lowest BCUT2D eigenvalue weighted by atomic mass is 10.2. The van der Waals surface area contributed by atoms with Crippen molar-refractivity contribution in [3.63, 3.8) is 0 Å². The highest BCUT2D eigenvalue weighted by Crippen LogP contribution is 2.30. The molecule has 2 aromatic rings. The van der Waals surface area contributed by atoms with Crippen molar-refractivity contribution in [2.24, 2.45) is 0 Å². The molecule has 0 saturated heterocycles.